The minimum atomic E-state index is -0.143. The van der Waals surface area contributed by atoms with Crippen LogP contribution in [0.15, 0.2) is 28.9 Å². The van der Waals surface area contributed by atoms with Crippen LogP contribution in [0.4, 0.5) is 0 Å². The predicted molar refractivity (Wildman–Crippen MR) is 105 cm³/mol. The summed E-state index contributed by atoms with van der Waals surface area (Å²) in [5.41, 5.74) is 3.53. The molecule has 0 unspecified atom stereocenters. The summed E-state index contributed by atoms with van der Waals surface area (Å²) in [5, 5.41) is 11.5. The number of nitrogens with one attached hydrogen (secondary N) is 1. The van der Waals surface area contributed by atoms with Crippen LogP contribution in [0.2, 0.25) is 0 Å². The number of fused-ring (bicyclic) bond motifs is 1. The van der Waals surface area contributed by atoms with Crippen molar-refractivity contribution in [3.05, 3.63) is 47.2 Å². The van der Waals surface area contributed by atoms with E-state index in [1.165, 1.54) is 5.69 Å². The average Bonchev–Trinajstić information content (AvgIpc) is 3.32. The Hall–Kier alpha value is -2.70. The van der Waals surface area contributed by atoms with Crippen molar-refractivity contribution < 1.29 is 9.32 Å². The van der Waals surface area contributed by atoms with Crippen LogP contribution in [0, 0.1) is 12.8 Å². The van der Waals surface area contributed by atoms with Crippen molar-refractivity contribution in [3.63, 3.8) is 0 Å². The Kier molecular flexibility index (Phi) is 5.41. The second kappa shape index (κ2) is 8.12. The van der Waals surface area contributed by atoms with Gasteiger partial charge in [0.1, 0.15) is 5.76 Å². The zero-order valence-corrected chi connectivity index (χ0v) is 16.5. The minimum absolute atomic E-state index is 0.143. The van der Waals surface area contributed by atoms with Gasteiger partial charge < -0.3 is 9.84 Å². The number of aryl methyl sites for hydroxylation is 2. The van der Waals surface area contributed by atoms with E-state index in [0.717, 1.165) is 55.6 Å². The third kappa shape index (κ3) is 3.93. The Balaban J connectivity index is 1.31. The summed E-state index contributed by atoms with van der Waals surface area (Å²) < 4.78 is 7.18. The van der Waals surface area contributed by atoms with Gasteiger partial charge in [0.2, 0.25) is 0 Å². The number of carbonyl (C=O) groups excluding carboxylic acids is 1. The quantitative estimate of drug-likeness (QED) is 0.704. The molecule has 1 aliphatic carbocycles. The summed E-state index contributed by atoms with van der Waals surface area (Å²) in [5.74, 6) is 1.62. The van der Waals surface area contributed by atoms with Crippen LogP contribution in [0.5, 0.6) is 0 Å². The van der Waals surface area contributed by atoms with E-state index in [1.54, 1.807) is 6.07 Å². The number of hydrogen-bond acceptors (Lipinski definition) is 5. The maximum Gasteiger partial charge on any atom is 0.273 e. The van der Waals surface area contributed by atoms with Gasteiger partial charge in [0.05, 0.1) is 5.69 Å². The lowest BCUT2D eigenvalue weighted by molar-refractivity contribution is 0.0933. The first kappa shape index (κ1) is 18.7. The fourth-order valence-corrected chi connectivity index (χ4v) is 4.11. The van der Waals surface area contributed by atoms with Gasteiger partial charge in [-0.15, -0.1) is 0 Å². The van der Waals surface area contributed by atoms with Gasteiger partial charge in [-0.2, -0.15) is 5.10 Å². The van der Waals surface area contributed by atoms with Crippen LogP contribution in [0.25, 0.3) is 5.65 Å². The van der Waals surface area contributed by atoms with Crippen molar-refractivity contribution in [2.45, 2.75) is 58.3 Å². The second-order valence-electron chi connectivity index (χ2n) is 7.78. The van der Waals surface area contributed by atoms with Crippen molar-refractivity contribution in [2.24, 2.45) is 5.92 Å². The van der Waals surface area contributed by atoms with E-state index < -0.39 is 0 Å². The number of amides is 1. The molecule has 0 aliphatic heterocycles. The molecule has 0 saturated heterocycles. The predicted octanol–water partition coefficient (Wildman–Crippen LogP) is 3.68. The summed E-state index contributed by atoms with van der Waals surface area (Å²) in [7, 11) is 0. The van der Waals surface area contributed by atoms with Gasteiger partial charge in [0.15, 0.2) is 11.3 Å². The molecule has 0 atom stereocenters. The number of hydrogen-bond donors (Lipinski definition) is 1. The molecule has 1 N–H and O–H groups in total. The molecule has 3 aromatic heterocycles. The molecule has 1 amide bonds. The van der Waals surface area contributed by atoms with Crippen molar-refractivity contribution in [3.8, 4) is 0 Å². The van der Waals surface area contributed by atoms with E-state index >= 15 is 0 Å². The van der Waals surface area contributed by atoms with Gasteiger partial charge in [-0.3, -0.25) is 4.79 Å². The largest absolute Gasteiger partial charge is 0.361 e. The SMILES string of the molecule is CCCc1cc(C(=O)NCC2CCC(c3ccnc4cc(C)nn34)CC2)no1. The first-order chi connectivity index (χ1) is 13.6. The Bertz CT molecular complexity index is 953. The minimum Gasteiger partial charge on any atom is -0.361 e. The van der Waals surface area contributed by atoms with Crippen LogP contribution in [0.3, 0.4) is 0 Å². The molecule has 3 aromatic rings. The van der Waals surface area contributed by atoms with Gasteiger partial charge in [-0.05, 0) is 51.0 Å². The molecule has 28 heavy (non-hydrogen) atoms. The van der Waals surface area contributed by atoms with E-state index in [1.807, 2.05) is 23.7 Å². The third-order valence-electron chi connectivity index (χ3n) is 5.61. The Morgan fingerprint density at radius 2 is 2.11 bits per heavy atom. The van der Waals surface area contributed by atoms with Crippen LogP contribution in [-0.4, -0.2) is 32.2 Å². The number of aromatic nitrogens is 4. The maximum atomic E-state index is 12.3. The van der Waals surface area contributed by atoms with E-state index in [0.29, 0.717) is 24.1 Å². The average molecular weight is 381 g/mol. The molecule has 0 bridgehead atoms. The normalized spacial score (nSPS) is 19.8. The zero-order valence-electron chi connectivity index (χ0n) is 16.5. The number of rotatable bonds is 6. The maximum absolute atomic E-state index is 12.3. The summed E-state index contributed by atoms with van der Waals surface area (Å²) >= 11 is 0. The first-order valence-electron chi connectivity index (χ1n) is 10.2. The Labute approximate surface area is 164 Å². The van der Waals surface area contributed by atoms with Gasteiger partial charge in [0, 0.05) is 42.9 Å². The Morgan fingerprint density at radius 3 is 2.89 bits per heavy atom. The molecule has 1 aliphatic rings. The lowest BCUT2D eigenvalue weighted by atomic mass is 9.80. The molecule has 148 valence electrons. The highest BCUT2D eigenvalue weighted by Gasteiger charge is 2.25. The second-order valence-corrected chi connectivity index (χ2v) is 7.78. The number of nitrogens with zero attached hydrogens (tertiary/aromatic N) is 4. The van der Waals surface area contributed by atoms with Gasteiger partial charge in [0.25, 0.3) is 5.91 Å². The molecule has 3 heterocycles. The van der Waals surface area contributed by atoms with Gasteiger partial charge >= 0.3 is 0 Å². The van der Waals surface area contributed by atoms with Crippen molar-refractivity contribution in [2.75, 3.05) is 6.54 Å². The van der Waals surface area contributed by atoms with E-state index in [-0.39, 0.29) is 5.91 Å². The van der Waals surface area contributed by atoms with Crippen molar-refractivity contribution in [1.29, 1.82) is 0 Å². The van der Waals surface area contributed by atoms with Crippen molar-refractivity contribution >= 4 is 11.6 Å². The Morgan fingerprint density at radius 1 is 1.29 bits per heavy atom. The number of carbonyl (C=O) groups is 1. The lowest BCUT2D eigenvalue weighted by Gasteiger charge is -2.28. The fourth-order valence-electron chi connectivity index (χ4n) is 4.11. The summed E-state index contributed by atoms with van der Waals surface area (Å²) in [6, 6.07) is 5.85. The molecule has 0 aromatic carbocycles. The molecule has 7 heteroatoms. The van der Waals surface area contributed by atoms with Gasteiger partial charge in [-0.1, -0.05) is 12.1 Å². The smallest absolute Gasteiger partial charge is 0.273 e. The van der Waals surface area contributed by atoms with Gasteiger partial charge in [-0.25, -0.2) is 9.50 Å². The molecular formula is C21H27N5O2. The van der Waals surface area contributed by atoms with Crippen molar-refractivity contribution in [1.82, 2.24) is 25.1 Å². The summed E-state index contributed by atoms with van der Waals surface area (Å²) in [4.78, 5) is 16.7. The monoisotopic (exact) mass is 381 g/mol. The lowest BCUT2D eigenvalue weighted by Crippen LogP contribution is -2.31. The zero-order chi connectivity index (χ0) is 19.5. The topological polar surface area (TPSA) is 85.3 Å². The standard InChI is InChI=1S/C21H27N5O2/c1-3-4-17-12-18(25-28-17)21(27)23-13-15-5-7-16(8-6-15)19-9-10-22-20-11-14(2)24-26(19)20/h9-12,15-16H,3-8,13H2,1-2H3,(H,23,27). The molecule has 1 fully saturated rings. The molecule has 0 radical (unpaired) electrons. The van der Waals surface area contributed by atoms with Crippen LogP contribution >= 0.6 is 0 Å². The van der Waals surface area contributed by atoms with E-state index in [4.69, 9.17) is 4.52 Å². The molecule has 4 rings (SSSR count). The third-order valence-corrected chi connectivity index (χ3v) is 5.61. The summed E-state index contributed by atoms with van der Waals surface area (Å²) in [6.07, 6.45) is 8.04. The van der Waals surface area contributed by atoms with E-state index in [9.17, 15) is 4.79 Å². The molecular weight excluding hydrogens is 354 g/mol. The van der Waals surface area contributed by atoms with E-state index in [2.05, 4.69) is 33.5 Å². The highest BCUT2D eigenvalue weighted by atomic mass is 16.5. The molecule has 1 saturated carbocycles. The molecule has 7 nitrogen and oxygen atoms in total. The van der Waals surface area contributed by atoms with Crippen LogP contribution < -0.4 is 5.32 Å². The molecule has 0 spiro atoms. The highest BCUT2D eigenvalue weighted by molar-refractivity contribution is 5.92. The van der Waals surface area contributed by atoms with Crippen LogP contribution in [0.1, 0.15) is 72.6 Å². The summed E-state index contributed by atoms with van der Waals surface area (Å²) in [6.45, 7) is 4.76. The first-order valence-corrected chi connectivity index (χ1v) is 10.2. The fraction of sp³-hybridized carbons (Fsp3) is 0.524. The highest BCUT2D eigenvalue weighted by Crippen LogP contribution is 2.35. The van der Waals surface area contributed by atoms with Crippen LogP contribution in [-0.2, 0) is 6.42 Å².